The molecule has 0 spiro atoms. The van der Waals surface area contributed by atoms with Crippen LogP contribution in [0, 0.1) is 0 Å². The van der Waals surface area contributed by atoms with Crippen molar-refractivity contribution in [2.75, 3.05) is 0 Å². The van der Waals surface area contributed by atoms with E-state index in [0.717, 1.165) is 11.1 Å². The second-order valence-electron chi connectivity index (χ2n) is 4.99. The summed E-state index contributed by atoms with van der Waals surface area (Å²) in [6, 6.07) is 12.4. The average Bonchev–Trinajstić information content (AvgIpc) is 2.83. The highest BCUT2D eigenvalue weighted by Gasteiger charge is 2.15. The van der Waals surface area contributed by atoms with E-state index in [1.54, 1.807) is 24.3 Å². The van der Waals surface area contributed by atoms with Crippen molar-refractivity contribution in [2.24, 2.45) is 7.05 Å². The predicted molar refractivity (Wildman–Crippen MR) is 85.7 cm³/mol. The number of para-hydroxylation sites is 1. The zero-order valence-corrected chi connectivity index (χ0v) is 12.7. The largest absolute Gasteiger partial charge is 0.487 e. The van der Waals surface area contributed by atoms with Crippen LogP contribution in [0.5, 0.6) is 5.75 Å². The van der Waals surface area contributed by atoms with E-state index >= 15 is 0 Å². The second-order valence-corrected chi connectivity index (χ2v) is 5.40. The van der Waals surface area contributed by atoms with Crippen molar-refractivity contribution >= 4 is 28.5 Å². The summed E-state index contributed by atoms with van der Waals surface area (Å²) in [7, 11) is 1.88. The zero-order valence-electron chi connectivity index (χ0n) is 11.9. The van der Waals surface area contributed by atoms with Crippen molar-refractivity contribution in [3.8, 4) is 5.75 Å². The van der Waals surface area contributed by atoms with Crippen LogP contribution in [0.15, 0.2) is 48.7 Å². The van der Waals surface area contributed by atoms with Crippen LogP contribution < -0.4 is 4.74 Å². The molecule has 0 saturated carbocycles. The normalized spacial score (nSPS) is 10.8. The van der Waals surface area contributed by atoms with Crippen LogP contribution in [-0.2, 0) is 13.7 Å². The van der Waals surface area contributed by atoms with Crippen molar-refractivity contribution in [3.05, 3.63) is 64.8 Å². The Morgan fingerprint density at radius 3 is 2.73 bits per heavy atom. The molecule has 0 unspecified atom stereocenters. The summed E-state index contributed by atoms with van der Waals surface area (Å²) < 4.78 is 7.64. The molecular formula is C17H14ClNO3. The SMILES string of the molecule is Cn1cc(COc2ccccc2Cl)c2c(C(=O)O)cccc21. The lowest BCUT2D eigenvalue weighted by atomic mass is 10.1. The minimum absolute atomic E-state index is 0.255. The molecule has 3 rings (SSSR count). The van der Waals surface area contributed by atoms with Gasteiger partial charge in [-0.05, 0) is 24.3 Å². The van der Waals surface area contributed by atoms with Crippen molar-refractivity contribution in [2.45, 2.75) is 6.61 Å². The number of hydrogen-bond donors (Lipinski definition) is 1. The first-order valence-electron chi connectivity index (χ1n) is 6.75. The summed E-state index contributed by atoms with van der Waals surface area (Å²) in [5.74, 6) is -0.371. The highest BCUT2D eigenvalue weighted by Crippen LogP contribution is 2.28. The van der Waals surface area contributed by atoms with E-state index in [-0.39, 0.29) is 12.2 Å². The van der Waals surface area contributed by atoms with E-state index in [1.165, 1.54) is 0 Å². The van der Waals surface area contributed by atoms with E-state index < -0.39 is 5.97 Å². The Kier molecular flexibility index (Phi) is 3.77. The summed E-state index contributed by atoms with van der Waals surface area (Å²) in [5.41, 5.74) is 1.95. The standard InChI is InChI=1S/C17H14ClNO3/c1-19-9-11(10-22-15-8-3-2-6-13(15)18)16-12(17(20)21)5-4-7-14(16)19/h2-9H,10H2,1H3,(H,20,21). The minimum atomic E-state index is -0.948. The lowest BCUT2D eigenvalue weighted by Gasteiger charge is -2.07. The number of carboxylic acids is 1. The van der Waals surface area contributed by atoms with E-state index in [1.807, 2.05) is 36.0 Å². The molecule has 0 bridgehead atoms. The van der Waals surface area contributed by atoms with Gasteiger partial charge in [0, 0.05) is 29.7 Å². The average molecular weight is 316 g/mol. The van der Waals surface area contributed by atoms with E-state index in [2.05, 4.69) is 0 Å². The molecule has 0 saturated heterocycles. The van der Waals surface area contributed by atoms with Gasteiger partial charge in [0.25, 0.3) is 0 Å². The summed E-state index contributed by atoms with van der Waals surface area (Å²) >= 11 is 6.07. The molecule has 0 aliphatic carbocycles. The Bertz CT molecular complexity index is 854. The smallest absolute Gasteiger partial charge is 0.336 e. The first-order chi connectivity index (χ1) is 10.6. The fraction of sp³-hybridized carbons (Fsp3) is 0.118. The molecule has 0 aliphatic rings. The first-order valence-corrected chi connectivity index (χ1v) is 7.13. The zero-order chi connectivity index (χ0) is 15.7. The monoisotopic (exact) mass is 315 g/mol. The van der Waals surface area contributed by atoms with Gasteiger partial charge in [0.1, 0.15) is 12.4 Å². The molecule has 112 valence electrons. The topological polar surface area (TPSA) is 51.5 Å². The molecule has 3 aromatic rings. The molecule has 0 fully saturated rings. The number of hydrogen-bond acceptors (Lipinski definition) is 2. The predicted octanol–water partition coefficient (Wildman–Crippen LogP) is 4.11. The number of rotatable bonds is 4. The number of aromatic nitrogens is 1. The summed E-state index contributed by atoms with van der Waals surface area (Å²) in [6.07, 6.45) is 1.88. The Hall–Kier alpha value is -2.46. The number of halogens is 1. The van der Waals surface area contributed by atoms with Crippen LogP contribution in [0.3, 0.4) is 0 Å². The van der Waals surface area contributed by atoms with Gasteiger partial charge in [0.05, 0.1) is 10.6 Å². The maximum atomic E-state index is 11.4. The Balaban J connectivity index is 2.01. The van der Waals surface area contributed by atoms with Gasteiger partial charge >= 0.3 is 5.97 Å². The third-order valence-corrected chi connectivity index (χ3v) is 3.86. The van der Waals surface area contributed by atoms with Crippen LogP contribution in [-0.4, -0.2) is 15.6 Å². The lowest BCUT2D eigenvalue weighted by molar-refractivity contribution is 0.0699. The molecule has 0 radical (unpaired) electrons. The van der Waals surface area contributed by atoms with Crippen LogP contribution in [0.2, 0.25) is 5.02 Å². The number of fused-ring (bicyclic) bond motifs is 1. The van der Waals surface area contributed by atoms with Gasteiger partial charge < -0.3 is 14.4 Å². The molecule has 1 heterocycles. The minimum Gasteiger partial charge on any atom is -0.487 e. The third-order valence-electron chi connectivity index (χ3n) is 3.54. The Labute approximate surface area is 132 Å². The number of carbonyl (C=O) groups is 1. The van der Waals surface area contributed by atoms with Crippen molar-refractivity contribution in [3.63, 3.8) is 0 Å². The van der Waals surface area contributed by atoms with E-state index in [9.17, 15) is 9.90 Å². The lowest BCUT2D eigenvalue weighted by Crippen LogP contribution is -2.00. The molecule has 0 aliphatic heterocycles. The summed E-state index contributed by atoms with van der Waals surface area (Å²) in [4.78, 5) is 11.4. The molecule has 2 aromatic carbocycles. The van der Waals surface area contributed by atoms with Gasteiger partial charge in [-0.15, -0.1) is 0 Å². The van der Waals surface area contributed by atoms with Crippen molar-refractivity contribution in [1.82, 2.24) is 4.57 Å². The third kappa shape index (κ3) is 2.53. The Morgan fingerprint density at radius 2 is 2.00 bits per heavy atom. The van der Waals surface area contributed by atoms with Gasteiger partial charge in [0.15, 0.2) is 0 Å². The van der Waals surface area contributed by atoms with Crippen molar-refractivity contribution in [1.29, 1.82) is 0 Å². The van der Waals surface area contributed by atoms with Gasteiger partial charge in [-0.25, -0.2) is 4.79 Å². The molecule has 0 amide bonds. The van der Waals surface area contributed by atoms with Gasteiger partial charge in [0.2, 0.25) is 0 Å². The molecule has 1 N–H and O–H groups in total. The molecule has 22 heavy (non-hydrogen) atoms. The number of aromatic carboxylic acids is 1. The molecular weight excluding hydrogens is 302 g/mol. The number of ether oxygens (including phenoxy) is 1. The van der Waals surface area contributed by atoms with Crippen LogP contribution in [0.25, 0.3) is 10.9 Å². The van der Waals surface area contributed by atoms with E-state index in [4.69, 9.17) is 16.3 Å². The molecule has 4 nitrogen and oxygen atoms in total. The Morgan fingerprint density at radius 1 is 1.23 bits per heavy atom. The first kappa shape index (κ1) is 14.5. The number of benzene rings is 2. The quantitative estimate of drug-likeness (QED) is 0.788. The maximum Gasteiger partial charge on any atom is 0.336 e. The van der Waals surface area contributed by atoms with Gasteiger partial charge in [-0.2, -0.15) is 0 Å². The molecule has 5 heteroatoms. The van der Waals surface area contributed by atoms with Crippen molar-refractivity contribution < 1.29 is 14.6 Å². The highest BCUT2D eigenvalue weighted by molar-refractivity contribution is 6.32. The maximum absolute atomic E-state index is 11.4. The fourth-order valence-corrected chi connectivity index (χ4v) is 2.73. The van der Waals surface area contributed by atoms with Crippen LogP contribution in [0.1, 0.15) is 15.9 Å². The number of nitrogens with zero attached hydrogens (tertiary/aromatic N) is 1. The number of aryl methyl sites for hydroxylation is 1. The van der Waals surface area contributed by atoms with Crippen LogP contribution in [0.4, 0.5) is 0 Å². The van der Waals surface area contributed by atoms with Gasteiger partial charge in [-0.1, -0.05) is 29.8 Å². The highest BCUT2D eigenvalue weighted by atomic mass is 35.5. The van der Waals surface area contributed by atoms with E-state index in [0.29, 0.717) is 16.2 Å². The molecule has 0 atom stereocenters. The van der Waals surface area contributed by atoms with Crippen LogP contribution >= 0.6 is 11.6 Å². The fourth-order valence-electron chi connectivity index (χ4n) is 2.54. The summed E-state index contributed by atoms with van der Waals surface area (Å²) in [6.45, 7) is 0.255. The summed E-state index contributed by atoms with van der Waals surface area (Å²) in [5, 5.41) is 10.6. The number of carboxylic acid groups (broad SMARTS) is 1. The second kappa shape index (κ2) is 5.73. The van der Waals surface area contributed by atoms with Gasteiger partial charge in [-0.3, -0.25) is 0 Å². The molecule has 1 aromatic heterocycles.